The van der Waals surface area contributed by atoms with Gasteiger partial charge in [-0.2, -0.15) is 4.89 Å². The van der Waals surface area contributed by atoms with Crippen LogP contribution in [0.2, 0.25) is 0 Å². The molecule has 0 aromatic carbocycles. The van der Waals surface area contributed by atoms with E-state index in [9.17, 15) is 53.4 Å². The fourth-order valence-corrected chi connectivity index (χ4v) is 9.24. The highest BCUT2D eigenvalue weighted by molar-refractivity contribution is 7.46. The second kappa shape index (κ2) is 44.2. The lowest BCUT2D eigenvalue weighted by Crippen LogP contribution is -2.65. The Kier molecular flexibility index (Phi) is 45.6. The summed E-state index contributed by atoms with van der Waals surface area (Å²) < 4.78 is 59.1. The first-order chi connectivity index (χ1) is 32.8. The van der Waals surface area contributed by atoms with E-state index in [0.717, 1.165) is 44.9 Å². The highest BCUT2D eigenvalue weighted by Crippen LogP contribution is 2.48. The Morgan fingerprint density at radius 3 is 1.42 bits per heavy atom. The van der Waals surface area contributed by atoms with Gasteiger partial charge in [-0.1, -0.05) is 172 Å². The molecular formula is C47H94N3O19P3. The van der Waals surface area contributed by atoms with Gasteiger partial charge in [-0.05, 0) is 44.9 Å². The number of aliphatic hydroxyl groups is 3. The second-order valence-electron chi connectivity index (χ2n) is 17.2. The smallest absolute Gasteiger partial charge is 0.305 e. The Balaban J connectivity index is -0.0000159. The van der Waals surface area contributed by atoms with Crippen LogP contribution >= 0.6 is 23.5 Å². The number of phosphoric ester groups is 3. The molecule has 4 unspecified atom stereocenters. The number of carbonyl (C=O) groups is 1. The molecule has 1 saturated carbocycles. The van der Waals surface area contributed by atoms with E-state index < -0.39 is 85.4 Å². The summed E-state index contributed by atoms with van der Waals surface area (Å²) in [4.78, 5) is 77.4. The van der Waals surface area contributed by atoms with Crippen molar-refractivity contribution in [1.29, 1.82) is 0 Å². The molecular weight excluding hydrogens is 1000 g/mol. The van der Waals surface area contributed by atoms with Crippen LogP contribution in [-0.2, 0) is 51.1 Å². The van der Waals surface area contributed by atoms with Gasteiger partial charge in [0.05, 0.1) is 6.61 Å². The Morgan fingerprint density at radius 2 is 0.944 bits per heavy atom. The van der Waals surface area contributed by atoms with Crippen LogP contribution in [0.15, 0.2) is 60.9 Å². The fourth-order valence-electron chi connectivity index (χ4n) is 7.18. The van der Waals surface area contributed by atoms with Gasteiger partial charge in [0.25, 0.3) is 23.5 Å². The van der Waals surface area contributed by atoms with Crippen molar-refractivity contribution in [2.24, 2.45) is 0 Å². The third kappa shape index (κ3) is 39.4. The molecule has 1 rings (SSSR count). The SMILES string of the molecule is C=C(CCC=CCC=CCC=CCC=CCCCCC)OOC(COC(=O)CCCCCCCCCCCCCCCCC)COP(=O)([O-])O[C@@H]1[C@H](O)[C@H](O)[C@@H](OP(=O)([O-])O)[C@H](OP(=O)([O-])O)[C@H]1O.[NH4+].[NH4+].[NH4+]. The number of hydrogen-bond acceptors (Lipinski definition) is 17. The van der Waals surface area contributed by atoms with Crippen LogP contribution in [0.1, 0.15) is 174 Å². The Morgan fingerprint density at radius 1 is 0.542 bits per heavy atom. The van der Waals surface area contributed by atoms with Crippen LogP contribution in [0, 0.1) is 0 Å². The topological polar surface area (TPSA) is 413 Å². The van der Waals surface area contributed by atoms with Crippen molar-refractivity contribution in [3.8, 4) is 0 Å². The molecule has 0 aliphatic heterocycles. The summed E-state index contributed by atoms with van der Waals surface area (Å²) in [6, 6.07) is 0. The van der Waals surface area contributed by atoms with E-state index in [4.69, 9.17) is 28.5 Å². The van der Waals surface area contributed by atoms with Gasteiger partial charge >= 0.3 is 5.97 Å². The van der Waals surface area contributed by atoms with Gasteiger partial charge in [0.2, 0.25) is 0 Å². The number of hydrogen-bond donors (Lipinski definition) is 8. The third-order valence-corrected chi connectivity index (χ3v) is 13.0. The van der Waals surface area contributed by atoms with Crippen molar-refractivity contribution in [2.45, 2.75) is 217 Å². The predicted octanol–water partition coefficient (Wildman–Crippen LogP) is 9.16. The van der Waals surface area contributed by atoms with Crippen molar-refractivity contribution in [2.75, 3.05) is 13.2 Å². The molecule has 0 aromatic rings. The zero-order valence-corrected chi connectivity index (χ0v) is 46.4. The van der Waals surface area contributed by atoms with Gasteiger partial charge in [0, 0.05) is 12.8 Å². The molecule has 10 atom stereocenters. The van der Waals surface area contributed by atoms with Crippen LogP contribution < -0.4 is 33.1 Å². The van der Waals surface area contributed by atoms with E-state index in [-0.39, 0.29) is 30.6 Å². The summed E-state index contributed by atoms with van der Waals surface area (Å²) in [5.74, 6) is -0.472. The van der Waals surface area contributed by atoms with E-state index >= 15 is 0 Å². The molecule has 426 valence electrons. The van der Waals surface area contributed by atoms with Crippen LogP contribution in [-0.4, -0.2) is 87.0 Å². The number of ether oxygens (including phenoxy) is 1. The summed E-state index contributed by atoms with van der Waals surface area (Å²) >= 11 is 0. The molecule has 0 heterocycles. The maximum atomic E-state index is 13.0. The largest absolute Gasteiger partial charge is 0.756 e. The third-order valence-electron chi connectivity index (χ3n) is 11.0. The molecule has 1 aliphatic rings. The van der Waals surface area contributed by atoms with Crippen molar-refractivity contribution >= 4 is 29.4 Å². The predicted molar refractivity (Wildman–Crippen MR) is 273 cm³/mol. The van der Waals surface area contributed by atoms with Crippen LogP contribution in [0.4, 0.5) is 0 Å². The van der Waals surface area contributed by atoms with Crippen molar-refractivity contribution < 1.29 is 90.9 Å². The number of aliphatic hydroxyl groups excluding tert-OH is 3. The lowest BCUT2D eigenvalue weighted by molar-refractivity contribution is -0.311. The summed E-state index contributed by atoms with van der Waals surface area (Å²) in [6.07, 6.45) is 25.1. The Hall–Kier alpha value is -1.98. The molecule has 25 heteroatoms. The van der Waals surface area contributed by atoms with Crippen LogP contribution in [0.5, 0.6) is 0 Å². The minimum absolute atomic E-state index is 0. The maximum absolute atomic E-state index is 13.0. The molecule has 0 saturated heterocycles. The minimum atomic E-state index is -5.88. The van der Waals surface area contributed by atoms with E-state index in [2.05, 4.69) is 59.9 Å². The van der Waals surface area contributed by atoms with Gasteiger partial charge in [0.15, 0.2) is 6.10 Å². The standard InChI is InChI=1S/C47H85O19P3.3H3N/c1-4-6-8-10-12-14-16-18-20-22-23-25-27-29-31-33-35-39(3)62-63-40(37-60-41(48)36-34-32-30-28-26-24-21-19-17-15-13-11-9-7-5-2)38-61-69(58,59)66-45-42(49)43(50)46(64-67(52,53)54)47(44(45)51)65-68(55,56)57;;;/h12,14,18,20,23,25,29,31,40,42-47,49-51H,3-11,13,15-17,19,21-22,24,26-28,30,32-38H2,1-2H3,(H,58,59)(H2,52,53,54)(H2,55,56,57);3*1H3/t40?,42-,43+,44+,45-,46-,47-;;;/m1.../s1. The first-order valence-corrected chi connectivity index (χ1v) is 29.1. The zero-order chi connectivity index (χ0) is 51.4. The van der Waals surface area contributed by atoms with E-state index in [1.807, 2.05) is 18.2 Å². The average Bonchev–Trinajstić information content (AvgIpc) is 3.28. The lowest BCUT2D eigenvalue weighted by atomic mass is 9.85. The number of allylic oxidation sites excluding steroid dienone is 9. The molecule has 1 fully saturated rings. The quantitative estimate of drug-likeness (QED) is 0.00536. The number of quaternary nitrogens is 3. The van der Waals surface area contributed by atoms with E-state index in [1.165, 1.54) is 83.5 Å². The highest BCUT2D eigenvalue weighted by atomic mass is 31.2. The van der Waals surface area contributed by atoms with Gasteiger partial charge < -0.3 is 86.0 Å². The molecule has 72 heavy (non-hydrogen) atoms. The van der Waals surface area contributed by atoms with Crippen LogP contribution in [0.3, 0.4) is 0 Å². The Bertz CT molecular complexity index is 1650. The molecule has 0 spiro atoms. The van der Waals surface area contributed by atoms with E-state index in [0.29, 0.717) is 25.7 Å². The molecule has 17 N–H and O–H groups in total. The summed E-state index contributed by atoms with van der Waals surface area (Å²) in [5.41, 5.74) is 0. The molecule has 22 nitrogen and oxygen atoms in total. The maximum Gasteiger partial charge on any atom is 0.305 e. The average molecular weight is 1100 g/mol. The summed E-state index contributed by atoms with van der Waals surface area (Å²) in [6.45, 7) is 6.67. The molecule has 0 bridgehead atoms. The number of rotatable bonds is 43. The van der Waals surface area contributed by atoms with Gasteiger partial charge in [0.1, 0.15) is 49.0 Å². The number of phosphoric acid groups is 3. The van der Waals surface area contributed by atoms with Crippen LogP contribution in [0.25, 0.3) is 0 Å². The Labute approximate surface area is 428 Å². The van der Waals surface area contributed by atoms with Crippen molar-refractivity contribution in [3.05, 3.63) is 60.9 Å². The minimum Gasteiger partial charge on any atom is -0.756 e. The molecule has 1 aliphatic carbocycles. The fraction of sp³-hybridized carbons (Fsp3) is 0.766. The number of carbonyl (C=O) groups excluding carboxylic acids is 1. The molecule has 0 aromatic heterocycles. The number of unbranched alkanes of at least 4 members (excludes halogenated alkanes) is 17. The lowest BCUT2D eigenvalue weighted by Gasteiger charge is -2.47. The second-order valence-corrected chi connectivity index (χ2v) is 20.9. The first kappa shape index (κ1) is 74.3. The van der Waals surface area contributed by atoms with Crippen molar-refractivity contribution in [3.63, 3.8) is 0 Å². The van der Waals surface area contributed by atoms with Gasteiger partial charge in [-0.15, -0.1) is 0 Å². The number of esters is 1. The van der Waals surface area contributed by atoms with E-state index in [1.54, 1.807) is 0 Å². The first-order valence-electron chi connectivity index (χ1n) is 24.7. The van der Waals surface area contributed by atoms with Gasteiger partial charge in [-0.3, -0.25) is 18.5 Å². The molecule has 0 radical (unpaired) electrons. The monoisotopic (exact) mass is 1100 g/mol. The zero-order valence-electron chi connectivity index (χ0n) is 43.8. The summed E-state index contributed by atoms with van der Waals surface area (Å²) in [7, 11) is -17.4. The molecule has 0 amide bonds. The summed E-state index contributed by atoms with van der Waals surface area (Å²) in [5, 5.41) is 31.7. The van der Waals surface area contributed by atoms with Crippen molar-refractivity contribution in [1.82, 2.24) is 18.5 Å². The normalized spacial score (nSPS) is 22.1. The van der Waals surface area contributed by atoms with Gasteiger partial charge in [-0.25, -0.2) is 0 Å². The highest BCUT2D eigenvalue weighted by Gasteiger charge is 2.54.